The smallest absolute Gasteiger partial charge is 0.281 e. The lowest BCUT2D eigenvalue weighted by molar-refractivity contribution is 0.259. The normalized spacial score (nSPS) is 16.6. The van der Waals surface area contributed by atoms with Gasteiger partial charge in [0.25, 0.3) is 5.56 Å². The van der Waals surface area contributed by atoms with E-state index >= 15 is 0 Å². The summed E-state index contributed by atoms with van der Waals surface area (Å²) < 4.78 is 1.26. The fraction of sp³-hybridized carbons (Fsp3) is 0.423. The van der Waals surface area contributed by atoms with E-state index < -0.39 is 0 Å². The summed E-state index contributed by atoms with van der Waals surface area (Å²) in [5.41, 5.74) is 1.09. The first-order valence-electron chi connectivity index (χ1n) is 12.6. The molecule has 0 atom stereocenters. The van der Waals surface area contributed by atoms with Gasteiger partial charge in [0.1, 0.15) is 15.8 Å². The highest BCUT2D eigenvalue weighted by atomic mass is 35.5. The van der Waals surface area contributed by atoms with Crippen LogP contribution in [0.25, 0.3) is 21.0 Å². The standard InChI is InChI=1S/C26H29ClN6OS2/c27-21-16-17-6-1-2-7-18(17)23(29-21)32-13-11-31(12-14-32)10-5-15-35-26-30-24-22(25(34)33(26)28)19-8-3-4-9-20(19)36-24/h1-2,6-7,16H,3-5,8-15,28H2. The highest BCUT2D eigenvalue weighted by Gasteiger charge is 2.22. The number of nitrogens with two attached hydrogens (primary N) is 1. The quantitative estimate of drug-likeness (QED) is 0.126. The molecule has 2 aliphatic rings. The number of piperazine rings is 1. The van der Waals surface area contributed by atoms with Crippen LogP contribution in [0.5, 0.6) is 0 Å². The summed E-state index contributed by atoms with van der Waals surface area (Å²) in [6.45, 7) is 4.83. The van der Waals surface area contributed by atoms with Crippen LogP contribution >= 0.6 is 34.7 Å². The number of rotatable bonds is 6. The molecule has 4 aromatic rings. The summed E-state index contributed by atoms with van der Waals surface area (Å²) in [6, 6.07) is 10.2. The molecule has 0 radical (unpaired) electrons. The summed E-state index contributed by atoms with van der Waals surface area (Å²) in [6.07, 6.45) is 5.37. The first kappa shape index (κ1) is 24.0. The Morgan fingerprint density at radius 2 is 1.89 bits per heavy atom. The van der Waals surface area contributed by atoms with Crippen LogP contribution in [0.4, 0.5) is 5.82 Å². The van der Waals surface area contributed by atoms with Gasteiger partial charge in [0.15, 0.2) is 5.16 Å². The molecule has 4 heterocycles. The van der Waals surface area contributed by atoms with E-state index in [1.165, 1.54) is 21.5 Å². The topological polar surface area (TPSA) is 80.3 Å². The van der Waals surface area contributed by atoms with E-state index in [-0.39, 0.29) is 5.56 Å². The molecule has 0 unspecified atom stereocenters. The van der Waals surface area contributed by atoms with Crippen molar-refractivity contribution < 1.29 is 0 Å². The number of fused-ring (bicyclic) bond motifs is 4. The number of aryl methyl sites for hydroxylation is 2. The zero-order valence-corrected chi connectivity index (χ0v) is 22.5. The number of pyridine rings is 1. The van der Waals surface area contributed by atoms with E-state index in [2.05, 4.69) is 33.0 Å². The van der Waals surface area contributed by atoms with Crippen LogP contribution in [-0.2, 0) is 12.8 Å². The van der Waals surface area contributed by atoms with Gasteiger partial charge in [-0.3, -0.25) is 9.69 Å². The summed E-state index contributed by atoms with van der Waals surface area (Å²) in [5, 5.41) is 4.18. The average molecular weight is 541 g/mol. The molecule has 1 fully saturated rings. The zero-order chi connectivity index (χ0) is 24.6. The van der Waals surface area contributed by atoms with Crippen molar-refractivity contribution in [3.63, 3.8) is 0 Å². The number of halogens is 1. The lowest BCUT2D eigenvalue weighted by Gasteiger charge is -2.36. The number of benzene rings is 1. The second kappa shape index (κ2) is 10.2. The van der Waals surface area contributed by atoms with Gasteiger partial charge >= 0.3 is 0 Å². The lowest BCUT2D eigenvalue weighted by atomic mass is 9.97. The number of anilines is 1. The Hall–Kier alpha value is -2.33. The van der Waals surface area contributed by atoms with E-state index in [0.717, 1.165) is 91.0 Å². The molecular formula is C26H29ClN6OS2. The third-order valence-electron chi connectivity index (χ3n) is 7.20. The SMILES string of the molecule is Nn1c(SCCCN2CCN(c3nc(Cl)cc4ccccc34)CC2)nc2sc3c(c2c1=O)CCCC3. The molecule has 3 aromatic heterocycles. The predicted octanol–water partition coefficient (Wildman–Crippen LogP) is 4.56. The van der Waals surface area contributed by atoms with Crippen molar-refractivity contribution in [1.82, 2.24) is 19.5 Å². The Labute approximate surface area is 223 Å². The number of hydrogen-bond acceptors (Lipinski definition) is 8. The van der Waals surface area contributed by atoms with Crippen LogP contribution in [-0.4, -0.2) is 58.0 Å². The highest BCUT2D eigenvalue weighted by Crippen LogP contribution is 2.34. The Bertz CT molecular complexity index is 1480. The van der Waals surface area contributed by atoms with E-state index in [9.17, 15) is 4.79 Å². The summed E-state index contributed by atoms with van der Waals surface area (Å²) in [4.78, 5) is 29.4. The van der Waals surface area contributed by atoms with Gasteiger partial charge in [-0.05, 0) is 55.7 Å². The van der Waals surface area contributed by atoms with Crippen molar-refractivity contribution in [3.05, 3.63) is 56.3 Å². The number of thioether (sulfide) groups is 1. The molecule has 36 heavy (non-hydrogen) atoms. The molecule has 1 saturated heterocycles. The number of nitrogens with zero attached hydrogens (tertiary/aromatic N) is 5. The first-order chi connectivity index (χ1) is 17.6. The van der Waals surface area contributed by atoms with Gasteiger partial charge in [0.05, 0.1) is 5.39 Å². The fourth-order valence-electron chi connectivity index (χ4n) is 5.33. The number of hydrogen-bond donors (Lipinski definition) is 1. The highest BCUT2D eigenvalue weighted by molar-refractivity contribution is 7.99. The molecule has 1 aromatic carbocycles. The minimum atomic E-state index is -0.0971. The fourth-order valence-corrected chi connectivity index (χ4v) is 7.67. The van der Waals surface area contributed by atoms with Gasteiger partial charge < -0.3 is 10.7 Å². The molecule has 188 valence electrons. The third kappa shape index (κ3) is 4.58. The Morgan fingerprint density at radius 1 is 1.08 bits per heavy atom. The van der Waals surface area contributed by atoms with Crippen molar-refractivity contribution >= 4 is 61.5 Å². The third-order valence-corrected chi connectivity index (χ3v) is 9.62. The van der Waals surface area contributed by atoms with Crippen LogP contribution < -0.4 is 16.3 Å². The molecule has 2 N–H and O–H groups in total. The van der Waals surface area contributed by atoms with Crippen LogP contribution in [0.3, 0.4) is 0 Å². The molecule has 0 saturated carbocycles. The average Bonchev–Trinajstić information content (AvgIpc) is 3.27. The maximum Gasteiger partial charge on any atom is 0.281 e. The molecule has 10 heteroatoms. The predicted molar refractivity (Wildman–Crippen MR) is 151 cm³/mol. The number of thiophene rings is 1. The minimum absolute atomic E-state index is 0.0971. The molecule has 0 spiro atoms. The van der Waals surface area contributed by atoms with E-state index in [0.29, 0.717) is 10.3 Å². The number of nitrogen functional groups attached to an aromatic ring is 1. The zero-order valence-electron chi connectivity index (χ0n) is 20.1. The molecule has 7 nitrogen and oxygen atoms in total. The molecule has 0 bridgehead atoms. The Kier molecular flexibility index (Phi) is 6.81. The van der Waals surface area contributed by atoms with Crippen LogP contribution in [0.1, 0.15) is 29.7 Å². The van der Waals surface area contributed by atoms with Gasteiger partial charge in [-0.2, -0.15) is 0 Å². The number of aromatic nitrogens is 3. The van der Waals surface area contributed by atoms with E-state index in [1.54, 1.807) is 23.1 Å². The van der Waals surface area contributed by atoms with Crippen molar-refractivity contribution in [3.8, 4) is 0 Å². The second-order valence-corrected chi connectivity index (χ2v) is 12.0. The Morgan fingerprint density at radius 3 is 2.75 bits per heavy atom. The van der Waals surface area contributed by atoms with Crippen molar-refractivity contribution in [2.24, 2.45) is 0 Å². The van der Waals surface area contributed by atoms with Crippen molar-refractivity contribution in [1.29, 1.82) is 0 Å². The van der Waals surface area contributed by atoms with Gasteiger partial charge in [-0.15, -0.1) is 11.3 Å². The van der Waals surface area contributed by atoms with E-state index in [4.69, 9.17) is 22.4 Å². The molecule has 1 aliphatic heterocycles. The largest absolute Gasteiger partial charge is 0.353 e. The van der Waals surface area contributed by atoms with Crippen LogP contribution in [0.2, 0.25) is 5.15 Å². The maximum atomic E-state index is 13.0. The second-order valence-electron chi connectivity index (χ2n) is 9.48. The summed E-state index contributed by atoms with van der Waals surface area (Å²) in [5.74, 6) is 8.03. The van der Waals surface area contributed by atoms with Gasteiger partial charge in [0.2, 0.25) is 0 Å². The molecule has 0 amide bonds. The van der Waals surface area contributed by atoms with Crippen LogP contribution in [0, 0.1) is 0 Å². The van der Waals surface area contributed by atoms with Crippen molar-refractivity contribution in [2.75, 3.05) is 49.2 Å². The van der Waals surface area contributed by atoms with Crippen molar-refractivity contribution in [2.45, 2.75) is 37.3 Å². The first-order valence-corrected chi connectivity index (χ1v) is 14.7. The van der Waals surface area contributed by atoms with Gasteiger partial charge in [0, 0.05) is 42.2 Å². The molecular weight excluding hydrogens is 512 g/mol. The summed E-state index contributed by atoms with van der Waals surface area (Å²) >= 11 is 9.56. The van der Waals surface area contributed by atoms with Gasteiger partial charge in [-0.1, -0.05) is 47.6 Å². The monoisotopic (exact) mass is 540 g/mol. The molecule has 1 aliphatic carbocycles. The van der Waals surface area contributed by atoms with E-state index in [1.807, 2.05) is 12.1 Å². The van der Waals surface area contributed by atoms with Gasteiger partial charge in [-0.25, -0.2) is 14.6 Å². The molecule has 6 rings (SSSR count). The Balaban J connectivity index is 1.05. The minimum Gasteiger partial charge on any atom is -0.353 e. The summed E-state index contributed by atoms with van der Waals surface area (Å²) in [7, 11) is 0. The lowest BCUT2D eigenvalue weighted by Crippen LogP contribution is -2.47. The van der Waals surface area contributed by atoms with Crippen LogP contribution in [0.15, 0.2) is 40.3 Å². The maximum absolute atomic E-state index is 13.0.